The van der Waals surface area contributed by atoms with Crippen LogP contribution in [0.3, 0.4) is 0 Å². The lowest BCUT2D eigenvalue weighted by atomic mass is 10.1. The zero-order chi connectivity index (χ0) is 16.1. The third-order valence-electron chi connectivity index (χ3n) is 3.46. The van der Waals surface area contributed by atoms with Crippen molar-refractivity contribution in [1.29, 1.82) is 0 Å². The molecule has 5 nitrogen and oxygen atoms in total. The summed E-state index contributed by atoms with van der Waals surface area (Å²) in [5.41, 5.74) is 4.26. The van der Waals surface area contributed by atoms with E-state index in [9.17, 15) is 4.79 Å². The van der Waals surface area contributed by atoms with Crippen LogP contribution in [0, 0.1) is 0 Å². The first-order valence-corrected chi connectivity index (χ1v) is 7.25. The minimum atomic E-state index is -0.143. The highest BCUT2D eigenvalue weighted by atomic mass is 16.5. The van der Waals surface area contributed by atoms with Crippen molar-refractivity contribution in [3.63, 3.8) is 0 Å². The fourth-order valence-electron chi connectivity index (χ4n) is 2.30. The molecule has 1 amide bonds. The predicted molar refractivity (Wildman–Crippen MR) is 89.1 cm³/mol. The van der Waals surface area contributed by atoms with Crippen molar-refractivity contribution in [3.05, 3.63) is 71.9 Å². The fourth-order valence-corrected chi connectivity index (χ4v) is 2.30. The molecule has 116 valence electrons. The zero-order valence-corrected chi connectivity index (χ0v) is 12.7. The van der Waals surface area contributed by atoms with E-state index in [4.69, 9.17) is 4.74 Å². The second kappa shape index (κ2) is 6.89. The number of methoxy groups -OCH3 is 1. The van der Waals surface area contributed by atoms with E-state index in [1.54, 1.807) is 25.4 Å². The second-order valence-electron chi connectivity index (χ2n) is 5.14. The highest BCUT2D eigenvalue weighted by Crippen LogP contribution is 2.20. The minimum Gasteiger partial charge on any atom is -0.380 e. The van der Waals surface area contributed by atoms with Crippen LogP contribution in [0.1, 0.15) is 15.9 Å². The van der Waals surface area contributed by atoms with Gasteiger partial charge < -0.3 is 10.1 Å². The van der Waals surface area contributed by atoms with Crippen molar-refractivity contribution in [3.8, 4) is 11.3 Å². The Morgan fingerprint density at radius 1 is 1.17 bits per heavy atom. The van der Waals surface area contributed by atoms with Crippen molar-refractivity contribution in [2.24, 2.45) is 0 Å². The number of hydrogen-bond acceptors (Lipinski definition) is 3. The Morgan fingerprint density at radius 2 is 2.00 bits per heavy atom. The van der Waals surface area contributed by atoms with Crippen LogP contribution in [0.2, 0.25) is 0 Å². The number of amides is 1. The van der Waals surface area contributed by atoms with Crippen LogP contribution in [0.15, 0.2) is 60.8 Å². The summed E-state index contributed by atoms with van der Waals surface area (Å²) >= 11 is 0. The van der Waals surface area contributed by atoms with Crippen molar-refractivity contribution in [2.45, 2.75) is 6.61 Å². The molecule has 0 unspecified atom stereocenters. The zero-order valence-electron chi connectivity index (χ0n) is 12.7. The summed E-state index contributed by atoms with van der Waals surface area (Å²) in [6.45, 7) is 0.536. The van der Waals surface area contributed by atoms with E-state index >= 15 is 0 Å². The maximum Gasteiger partial charge on any atom is 0.255 e. The van der Waals surface area contributed by atoms with Crippen LogP contribution >= 0.6 is 0 Å². The molecule has 1 heterocycles. The van der Waals surface area contributed by atoms with Gasteiger partial charge in [0.15, 0.2) is 0 Å². The molecule has 3 aromatic rings. The predicted octanol–water partition coefficient (Wildman–Crippen LogP) is 3.48. The van der Waals surface area contributed by atoms with Crippen LogP contribution in [-0.2, 0) is 11.3 Å². The van der Waals surface area contributed by atoms with E-state index in [1.165, 1.54) is 0 Å². The monoisotopic (exact) mass is 307 g/mol. The normalized spacial score (nSPS) is 10.5. The number of H-pyrrole nitrogens is 1. The number of rotatable bonds is 5. The molecule has 2 N–H and O–H groups in total. The van der Waals surface area contributed by atoms with Crippen LogP contribution in [0.5, 0.6) is 0 Å². The minimum absolute atomic E-state index is 0.143. The summed E-state index contributed by atoms with van der Waals surface area (Å²) < 4.78 is 5.06. The molecule has 0 aliphatic carbocycles. The number of carbonyl (C=O) groups excluding carboxylic acids is 1. The molecule has 0 saturated heterocycles. The molecule has 5 heteroatoms. The number of aromatic amines is 1. The molecule has 2 aromatic carbocycles. The smallest absolute Gasteiger partial charge is 0.255 e. The third kappa shape index (κ3) is 3.64. The summed E-state index contributed by atoms with van der Waals surface area (Å²) in [7, 11) is 1.65. The van der Waals surface area contributed by atoms with E-state index < -0.39 is 0 Å². The SMILES string of the molecule is COCc1ccc(C(=O)Nc2cccc(-c3ccn[nH]3)c2)cc1. The molecule has 0 aliphatic rings. The van der Waals surface area contributed by atoms with Gasteiger partial charge in [-0.25, -0.2) is 0 Å². The Labute approximate surface area is 134 Å². The van der Waals surface area contributed by atoms with Gasteiger partial charge in [-0.2, -0.15) is 5.10 Å². The lowest BCUT2D eigenvalue weighted by Crippen LogP contribution is -2.11. The standard InChI is InChI=1S/C18H17N3O2/c1-23-12-13-5-7-14(8-6-13)18(22)20-16-4-2-3-15(11-16)17-9-10-19-21-17/h2-11H,12H2,1H3,(H,19,21)(H,20,22). The number of hydrogen-bond donors (Lipinski definition) is 2. The molecule has 23 heavy (non-hydrogen) atoms. The summed E-state index contributed by atoms with van der Waals surface area (Å²) in [6.07, 6.45) is 1.70. The second-order valence-corrected chi connectivity index (χ2v) is 5.14. The summed E-state index contributed by atoms with van der Waals surface area (Å²) in [5.74, 6) is -0.143. The number of ether oxygens (including phenoxy) is 1. The third-order valence-corrected chi connectivity index (χ3v) is 3.46. The number of nitrogens with one attached hydrogen (secondary N) is 2. The van der Waals surface area contributed by atoms with E-state index in [0.717, 1.165) is 22.5 Å². The largest absolute Gasteiger partial charge is 0.380 e. The van der Waals surface area contributed by atoms with Crippen molar-refractivity contribution in [1.82, 2.24) is 10.2 Å². The van der Waals surface area contributed by atoms with Gasteiger partial charge in [-0.3, -0.25) is 9.89 Å². The highest BCUT2D eigenvalue weighted by molar-refractivity contribution is 6.04. The van der Waals surface area contributed by atoms with Crippen LogP contribution in [-0.4, -0.2) is 23.2 Å². The van der Waals surface area contributed by atoms with Gasteiger partial charge in [0.25, 0.3) is 5.91 Å². The number of aromatic nitrogens is 2. The molecule has 0 saturated carbocycles. The Hall–Kier alpha value is -2.92. The lowest BCUT2D eigenvalue weighted by molar-refractivity contribution is 0.102. The quantitative estimate of drug-likeness (QED) is 0.758. The maximum absolute atomic E-state index is 12.3. The molecule has 3 rings (SSSR count). The average Bonchev–Trinajstić information content (AvgIpc) is 3.11. The van der Waals surface area contributed by atoms with Gasteiger partial charge in [-0.05, 0) is 35.9 Å². The topological polar surface area (TPSA) is 67.0 Å². The molecule has 1 aromatic heterocycles. The summed E-state index contributed by atoms with van der Waals surface area (Å²) in [5, 5.41) is 9.75. The first-order valence-electron chi connectivity index (χ1n) is 7.25. The fraction of sp³-hybridized carbons (Fsp3) is 0.111. The Balaban J connectivity index is 1.73. The average molecular weight is 307 g/mol. The summed E-state index contributed by atoms with van der Waals surface area (Å²) in [6, 6.07) is 16.9. The molecular formula is C18H17N3O2. The first-order chi connectivity index (χ1) is 11.3. The van der Waals surface area contributed by atoms with Crippen molar-refractivity contribution >= 4 is 11.6 Å². The number of benzene rings is 2. The van der Waals surface area contributed by atoms with Gasteiger partial charge in [0.1, 0.15) is 0 Å². The van der Waals surface area contributed by atoms with Gasteiger partial charge in [0.2, 0.25) is 0 Å². The number of nitrogens with zero attached hydrogens (tertiary/aromatic N) is 1. The molecule has 0 radical (unpaired) electrons. The van der Waals surface area contributed by atoms with Crippen molar-refractivity contribution < 1.29 is 9.53 Å². The molecule has 0 aliphatic heterocycles. The first kappa shape index (κ1) is 15.0. The molecular weight excluding hydrogens is 290 g/mol. The number of anilines is 1. The Bertz CT molecular complexity index is 780. The highest BCUT2D eigenvalue weighted by Gasteiger charge is 2.07. The van der Waals surface area contributed by atoms with Gasteiger partial charge in [-0.15, -0.1) is 0 Å². The van der Waals surface area contributed by atoms with Crippen molar-refractivity contribution in [2.75, 3.05) is 12.4 Å². The Kier molecular flexibility index (Phi) is 4.49. The van der Waals surface area contributed by atoms with E-state index in [-0.39, 0.29) is 5.91 Å². The van der Waals surface area contributed by atoms with E-state index in [0.29, 0.717) is 12.2 Å². The van der Waals surface area contributed by atoms with Gasteiger partial charge >= 0.3 is 0 Å². The van der Waals surface area contributed by atoms with Gasteiger partial charge in [0, 0.05) is 30.1 Å². The molecule has 0 fully saturated rings. The molecule has 0 atom stereocenters. The lowest BCUT2D eigenvalue weighted by Gasteiger charge is -2.07. The van der Waals surface area contributed by atoms with E-state index in [1.807, 2.05) is 42.5 Å². The molecule has 0 bridgehead atoms. The Morgan fingerprint density at radius 3 is 2.70 bits per heavy atom. The number of carbonyl (C=O) groups is 1. The van der Waals surface area contributed by atoms with Gasteiger partial charge in [0.05, 0.1) is 12.3 Å². The molecule has 0 spiro atoms. The van der Waals surface area contributed by atoms with Gasteiger partial charge in [-0.1, -0.05) is 24.3 Å². The van der Waals surface area contributed by atoms with Crippen LogP contribution < -0.4 is 5.32 Å². The van der Waals surface area contributed by atoms with Crippen LogP contribution in [0.25, 0.3) is 11.3 Å². The summed E-state index contributed by atoms with van der Waals surface area (Å²) in [4.78, 5) is 12.3. The van der Waals surface area contributed by atoms with E-state index in [2.05, 4.69) is 15.5 Å². The maximum atomic E-state index is 12.3. The van der Waals surface area contributed by atoms with Crippen LogP contribution in [0.4, 0.5) is 5.69 Å².